The molecule has 0 aliphatic rings. The molecule has 0 amide bonds. The smallest absolute Gasteiger partial charge is 0.120 e. The number of rotatable bonds is 8. The van der Waals surface area contributed by atoms with Crippen LogP contribution in [0.2, 0.25) is 0 Å². The van der Waals surface area contributed by atoms with Crippen LogP contribution in [0.5, 0.6) is 11.5 Å². The van der Waals surface area contributed by atoms with E-state index in [1.807, 2.05) is 11.8 Å². The summed E-state index contributed by atoms with van der Waals surface area (Å²) in [5.41, 5.74) is 4.87. The van der Waals surface area contributed by atoms with Gasteiger partial charge in [-0.2, -0.15) is 0 Å². The Kier molecular flexibility index (Phi) is 6.77. The van der Waals surface area contributed by atoms with Gasteiger partial charge in [-0.05, 0) is 74.2 Å². The third kappa shape index (κ3) is 4.93. The summed E-state index contributed by atoms with van der Waals surface area (Å²) >= 11 is 1.81. The first-order valence-electron chi connectivity index (χ1n) is 8.34. The molecule has 0 N–H and O–H groups in total. The number of hydrogen-bond donors (Lipinski definition) is 0. The lowest BCUT2D eigenvalue weighted by Gasteiger charge is -2.16. The van der Waals surface area contributed by atoms with Crippen LogP contribution < -0.4 is 9.47 Å². The molecule has 0 unspecified atom stereocenters. The Hall–Kier alpha value is -2.13. The zero-order chi connectivity index (χ0) is 18.4. The first kappa shape index (κ1) is 19.2. The van der Waals surface area contributed by atoms with Crippen molar-refractivity contribution in [2.45, 2.75) is 37.5 Å². The van der Waals surface area contributed by atoms with Crippen molar-refractivity contribution in [3.8, 4) is 11.5 Å². The molecule has 0 atom stereocenters. The molecule has 3 heteroatoms. The van der Waals surface area contributed by atoms with Gasteiger partial charge in [-0.1, -0.05) is 37.1 Å². The summed E-state index contributed by atoms with van der Waals surface area (Å²) in [5.74, 6) is 1.78. The second-order valence-corrected chi connectivity index (χ2v) is 7.09. The Morgan fingerprint density at radius 1 is 0.720 bits per heavy atom. The van der Waals surface area contributed by atoms with Crippen molar-refractivity contribution in [3.05, 3.63) is 71.8 Å². The van der Waals surface area contributed by atoms with E-state index in [0.717, 1.165) is 11.5 Å². The third-order valence-corrected chi connectivity index (χ3v) is 5.50. The molecule has 0 aromatic heterocycles. The second-order valence-electron chi connectivity index (χ2n) is 6.07. The molecule has 25 heavy (non-hydrogen) atoms. The van der Waals surface area contributed by atoms with Crippen LogP contribution in [0, 0.1) is 27.7 Å². The average Bonchev–Trinajstić information content (AvgIpc) is 2.56. The van der Waals surface area contributed by atoms with Crippen LogP contribution >= 0.6 is 11.8 Å². The summed E-state index contributed by atoms with van der Waals surface area (Å²) in [4.78, 5) is 2.55. The maximum atomic E-state index is 5.67. The third-order valence-electron chi connectivity index (χ3n) is 3.81. The zero-order valence-electron chi connectivity index (χ0n) is 15.5. The van der Waals surface area contributed by atoms with Gasteiger partial charge in [0, 0.05) is 9.79 Å². The van der Waals surface area contributed by atoms with E-state index in [9.17, 15) is 0 Å². The van der Waals surface area contributed by atoms with Crippen molar-refractivity contribution in [3.63, 3.8) is 0 Å². The molecule has 2 aromatic carbocycles. The van der Waals surface area contributed by atoms with Crippen LogP contribution in [-0.2, 0) is 0 Å². The number of ether oxygens (including phenoxy) is 2. The Morgan fingerprint density at radius 2 is 1.04 bits per heavy atom. The van der Waals surface area contributed by atoms with Crippen LogP contribution in [0.15, 0.2) is 59.4 Å². The van der Waals surface area contributed by atoms with E-state index in [1.165, 1.54) is 32.0 Å². The molecular weight excluding hydrogens is 328 g/mol. The maximum Gasteiger partial charge on any atom is 0.120 e. The summed E-state index contributed by atoms with van der Waals surface area (Å²) in [6.45, 7) is 16.9. The van der Waals surface area contributed by atoms with E-state index < -0.39 is 0 Å². The molecule has 0 fully saturated rings. The average molecular weight is 355 g/mol. The van der Waals surface area contributed by atoms with Crippen molar-refractivity contribution in [1.82, 2.24) is 0 Å². The van der Waals surface area contributed by atoms with E-state index in [0.29, 0.717) is 13.2 Å². The predicted molar refractivity (Wildman–Crippen MR) is 107 cm³/mol. The Labute approximate surface area is 155 Å². The van der Waals surface area contributed by atoms with Crippen molar-refractivity contribution in [2.75, 3.05) is 13.2 Å². The highest BCUT2D eigenvalue weighted by Crippen LogP contribution is 2.39. The topological polar surface area (TPSA) is 18.5 Å². The molecule has 2 nitrogen and oxygen atoms in total. The standard InChI is InChI=1S/C22H26O2S/c1-7-9-23-19-11-15(3)21(16(4)12-19)25-22-17(5)13-20(14-18(22)6)24-10-8-2/h7-8,11-14H,1-2,9-10H2,3-6H3. The quantitative estimate of drug-likeness (QED) is 0.526. The van der Waals surface area contributed by atoms with E-state index in [1.54, 1.807) is 12.2 Å². The van der Waals surface area contributed by atoms with E-state index >= 15 is 0 Å². The molecule has 2 aromatic rings. The van der Waals surface area contributed by atoms with Gasteiger partial charge >= 0.3 is 0 Å². The second kappa shape index (κ2) is 8.82. The number of aryl methyl sites for hydroxylation is 4. The van der Waals surface area contributed by atoms with Gasteiger partial charge in [0.15, 0.2) is 0 Å². The normalized spacial score (nSPS) is 10.4. The van der Waals surface area contributed by atoms with Gasteiger partial charge in [0.2, 0.25) is 0 Å². The molecule has 0 saturated heterocycles. The highest BCUT2D eigenvalue weighted by molar-refractivity contribution is 7.99. The van der Waals surface area contributed by atoms with E-state index in [-0.39, 0.29) is 0 Å². The fraction of sp³-hybridized carbons (Fsp3) is 0.273. The molecule has 0 spiro atoms. The molecule has 0 radical (unpaired) electrons. The van der Waals surface area contributed by atoms with Gasteiger partial charge < -0.3 is 9.47 Å². The minimum absolute atomic E-state index is 0.524. The zero-order valence-corrected chi connectivity index (χ0v) is 16.3. The van der Waals surface area contributed by atoms with Crippen molar-refractivity contribution in [1.29, 1.82) is 0 Å². The number of hydrogen-bond acceptors (Lipinski definition) is 3. The monoisotopic (exact) mass is 354 g/mol. The molecule has 0 saturated carbocycles. The van der Waals surface area contributed by atoms with Crippen molar-refractivity contribution >= 4 is 11.8 Å². The minimum Gasteiger partial charge on any atom is -0.490 e. The summed E-state index contributed by atoms with van der Waals surface area (Å²) in [7, 11) is 0. The highest BCUT2D eigenvalue weighted by atomic mass is 32.2. The Balaban J connectivity index is 2.30. The summed E-state index contributed by atoms with van der Waals surface area (Å²) in [5, 5.41) is 0. The number of benzene rings is 2. The van der Waals surface area contributed by atoms with Crippen LogP contribution in [0.3, 0.4) is 0 Å². The largest absolute Gasteiger partial charge is 0.490 e. The van der Waals surface area contributed by atoms with Gasteiger partial charge in [-0.25, -0.2) is 0 Å². The molecule has 0 bridgehead atoms. The first-order chi connectivity index (χ1) is 12.0. The lowest BCUT2D eigenvalue weighted by atomic mass is 10.1. The lowest BCUT2D eigenvalue weighted by molar-refractivity contribution is 0.362. The highest BCUT2D eigenvalue weighted by Gasteiger charge is 2.12. The van der Waals surface area contributed by atoms with Crippen LogP contribution in [0.25, 0.3) is 0 Å². The molecular formula is C22H26O2S. The summed E-state index contributed by atoms with van der Waals surface area (Å²) in [6.07, 6.45) is 3.52. The van der Waals surface area contributed by atoms with Gasteiger partial charge in [0.05, 0.1) is 0 Å². The summed E-state index contributed by atoms with van der Waals surface area (Å²) < 4.78 is 11.3. The van der Waals surface area contributed by atoms with Crippen LogP contribution in [0.4, 0.5) is 0 Å². The Morgan fingerprint density at radius 3 is 1.32 bits per heavy atom. The Bertz CT molecular complexity index is 666. The minimum atomic E-state index is 0.524. The maximum absolute atomic E-state index is 5.67. The SMILES string of the molecule is C=CCOc1cc(C)c(Sc2c(C)cc(OCC=C)cc2C)c(C)c1. The van der Waals surface area contributed by atoms with Crippen molar-refractivity contribution in [2.24, 2.45) is 0 Å². The summed E-state index contributed by atoms with van der Waals surface area (Å²) in [6, 6.07) is 8.35. The van der Waals surface area contributed by atoms with Gasteiger partial charge in [-0.15, -0.1) is 0 Å². The van der Waals surface area contributed by atoms with E-state index in [4.69, 9.17) is 9.47 Å². The fourth-order valence-corrected chi connectivity index (χ4v) is 3.81. The van der Waals surface area contributed by atoms with Gasteiger partial charge in [-0.3, -0.25) is 0 Å². The van der Waals surface area contributed by atoms with Crippen LogP contribution in [0.1, 0.15) is 22.3 Å². The van der Waals surface area contributed by atoms with Crippen LogP contribution in [-0.4, -0.2) is 13.2 Å². The fourth-order valence-electron chi connectivity index (χ4n) is 2.72. The van der Waals surface area contributed by atoms with E-state index in [2.05, 4.69) is 65.1 Å². The molecule has 132 valence electrons. The first-order valence-corrected chi connectivity index (χ1v) is 9.15. The molecule has 0 aliphatic heterocycles. The van der Waals surface area contributed by atoms with Crippen molar-refractivity contribution < 1.29 is 9.47 Å². The van der Waals surface area contributed by atoms with Gasteiger partial charge in [0.25, 0.3) is 0 Å². The molecule has 0 heterocycles. The van der Waals surface area contributed by atoms with Gasteiger partial charge in [0.1, 0.15) is 24.7 Å². The lowest BCUT2D eigenvalue weighted by Crippen LogP contribution is -1.97. The molecule has 0 aliphatic carbocycles. The molecule has 2 rings (SSSR count). The predicted octanol–water partition coefficient (Wildman–Crippen LogP) is 6.20.